The SMILES string of the molecule is CCCCOP(=O)(OCCCC)OCCCC.OCCN(CCO)CCO. The van der Waals surface area contributed by atoms with E-state index < -0.39 is 7.82 Å². The average molecular weight is 416 g/mol. The van der Waals surface area contributed by atoms with Crippen LogP contribution in [0.4, 0.5) is 0 Å². The lowest BCUT2D eigenvalue weighted by Crippen LogP contribution is -2.32. The first kappa shape index (κ1) is 29.2. The molecule has 0 radical (unpaired) electrons. The van der Waals surface area contributed by atoms with Gasteiger partial charge in [0.05, 0.1) is 39.6 Å². The van der Waals surface area contributed by atoms with Gasteiger partial charge in [-0.3, -0.25) is 18.5 Å². The standard InChI is InChI=1S/C12H27O4P.C6H15NO3/c1-4-7-10-14-17(13,15-11-8-5-2)16-12-9-6-3;8-4-1-7(2-5-9)3-6-10/h4-12H2,1-3H3;8-10H,1-6H2. The second-order valence-electron chi connectivity index (χ2n) is 6.02. The molecule has 0 unspecified atom stereocenters. The maximum absolute atomic E-state index is 12.2. The summed E-state index contributed by atoms with van der Waals surface area (Å²) in [5.74, 6) is 0. The van der Waals surface area contributed by atoms with Crippen molar-refractivity contribution in [3.05, 3.63) is 0 Å². The maximum Gasteiger partial charge on any atom is 0.474 e. The number of aliphatic hydroxyl groups is 3. The highest BCUT2D eigenvalue weighted by Crippen LogP contribution is 2.49. The van der Waals surface area contributed by atoms with Crippen LogP contribution in [0.15, 0.2) is 0 Å². The van der Waals surface area contributed by atoms with Crippen molar-refractivity contribution < 1.29 is 33.5 Å². The number of hydrogen-bond donors (Lipinski definition) is 3. The molecule has 27 heavy (non-hydrogen) atoms. The zero-order valence-corrected chi connectivity index (χ0v) is 18.4. The van der Waals surface area contributed by atoms with E-state index in [4.69, 9.17) is 28.9 Å². The molecular weight excluding hydrogens is 373 g/mol. The van der Waals surface area contributed by atoms with Crippen LogP contribution in [0.3, 0.4) is 0 Å². The van der Waals surface area contributed by atoms with Crippen LogP contribution in [0.5, 0.6) is 0 Å². The Hall–Kier alpha value is -0.0500. The van der Waals surface area contributed by atoms with Crippen molar-refractivity contribution in [3.8, 4) is 0 Å². The third-order valence-corrected chi connectivity index (χ3v) is 4.99. The van der Waals surface area contributed by atoms with Gasteiger partial charge >= 0.3 is 7.82 Å². The van der Waals surface area contributed by atoms with Gasteiger partial charge < -0.3 is 15.3 Å². The fourth-order valence-electron chi connectivity index (χ4n) is 1.83. The zero-order valence-electron chi connectivity index (χ0n) is 17.5. The van der Waals surface area contributed by atoms with E-state index in [0.717, 1.165) is 38.5 Å². The monoisotopic (exact) mass is 415 g/mol. The van der Waals surface area contributed by atoms with E-state index in [1.807, 2.05) is 0 Å². The predicted octanol–water partition coefficient (Wildman–Crippen LogP) is 2.81. The Morgan fingerprint density at radius 3 is 1.19 bits per heavy atom. The van der Waals surface area contributed by atoms with Crippen LogP contribution in [0.1, 0.15) is 59.3 Å². The molecule has 0 rings (SSSR count). The topological polar surface area (TPSA) is 109 Å². The van der Waals surface area contributed by atoms with Gasteiger partial charge in [-0.05, 0) is 19.3 Å². The first-order valence-electron chi connectivity index (χ1n) is 10.1. The highest BCUT2D eigenvalue weighted by atomic mass is 31.2. The van der Waals surface area contributed by atoms with Crippen molar-refractivity contribution in [1.29, 1.82) is 0 Å². The van der Waals surface area contributed by atoms with E-state index in [-0.39, 0.29) is 19.8 Å². The van der Waals surface area contributed by atoms with Gasteiger partial charge in [0.2, 0.25) is 0 Å². The fourth-order valence-corrected chi connectivity index (χ4v) is 3.12. The summed E-state index contributed by atoms with van der Waals surface area (Å²) in [5, 5.41) is 25.5. The Bertz CT molecular complexity index is 287. The minimum atomic E-state index is -3.31. The molecule has 9 heteroatoms. The lowest BCUT2D eigenvalue weighted by atomic mass is 10.4. The van der Waals surface area contributed by atoms with Crippen LogP contribution in [0.25, 0.3) is 0 Å². The molecule has 0 aromatic rings. The lowest BCUT2D eigenvalue weighted by molar-refractivity contribution is 0.110. The summed E-state index contributed by atoms with van der Waals surface area (Å²) in [6.07, 6.45) is 5.63. The largest absolute Gasteiger partial charge is 0.474 e. The zero-order chi connectivity index (χ0) is 20.8. The number of hydrogen-bond acceptors (Lipinski definition) is 8. The van der Waals surface area contributed by atoms with E-state index in [9.17, 15) is 4.57 Å². The lowest BCUT2D eigenvalue weighted by Gasteiger charge is -2.17. The van der Waals surface area contributed by atoms with Gasteiger partial charge in [-0.15, -0.1) is 0 Å². The summed E-state index contributed by atoms with van der Waals surface area (Å²) in [6.45, 7) is 9.24. The summed E-state index contributed by atoms with van der Waals surface area (Å²) in [4.78, 5) is 1.79. The summed E-state index contributed by atoms with van der Waals surface area (Å²) >= 11 is 0. The van der Waals surface area contributed by atoms with Crippen molar-refractivity contribution in [2.75, 3.05) is 59.3 Å². The number of phosphoric ester groups is 1. The number of nitrogens with zero attached hydrogens (tertiary/aromatic N) is 1. The van der Waals surface area contributed by atoms with E-state index >= 15 is 0 Å². The van der Waals surface area contributed by atoms with Crippen molar-refractivity contribution in [1.82, 2.24) is 4.90 Å². The van der Waals surface area contributed by atoms with Crippen molar-refractivity contribution in [2.45, 2.75) is 59.3 Å². The molecule has 8 nitrogen and oxygen atoms in total. The van der Waals surface area contributed by atoms with E-state index in [1.54, 1.807) is 4.90 Å². The van der Waals surface area contributed by atoms with Gasteiger partial charge in [-0.25, -0.2) is 4.57 Å². The molecule has 0 aromatic carbocycles. The van der Waals surface area contributed by atoms with Gasteiger partial charge in [-0.2, -0.15) is 0 Å². The van der Waals surface area contributed by atoms with Crippen LogP contribution >= 0.6 is 7.82 Å². The predicted molar refractivity (Wildman–Crippen MR) is 108 cm³/mol. The summed E-state index contributed by atoms with van der Waals surface area (Å²) < 4.78 is 28.0. The molecular formula is C18H42NO7P. The molecule has 0 bridgehead atoms. The van der Waals surface area contributed by atoms with Crippen LogP contribution in [0, 0.1) is 0 Å². The van der Waals surface area contributed by atoms with Gasteiger partial charge in [0, 0.05) is 19.6 Å². The van der Waals surface area contributed by atoms with Crippen LogP contribution in [-0.4, -0.2) is 79.5 Å². The Morgan fingerprint density at radius 1 is 0.667 bits per heavy atom. The van der Waals surface area contributed by atoms with Crippen molar-refractivity contribution in [3.63, 3.8) is 0 Å². The van der Waals surface area contributed by atoms with Crippen molar-refractivity contribution in [2.24, 2.45) is 0 Å². The minimum Gasteiger partial charge on any atom is -0.395 e. The number of aliphatic hydroxyl groups excluding tert-OH is 3. The third kappa shape index (κ3) is 20.5. The van der Waals surface area contributed by atoms with E-state index in [2.05, 4.69) is 20.8 Å². The molecule has 0 heterocycles. The van der Waals surface area contributed by atoms with Crippen LogP contribution < -0.4 is 0 Å². The Labute approximate surface area is 165 Å². The Kier molecular flexibility index (Phi) is 24.0. The second kappa shape index (κ2) is 22.2. The van der Waals surface area contributed by atoms with Gasteiger partial charge in [0.1, 0.15) is 0 Å². The molecule has 0 aromatic heterocycles. The first-order chi connectivity index (χ1) is 13.0. The summed E-state index contributed by atoms with van der Waals surface area (Å²) in [7, 11) is -3.31. The molecule has 0 fully saturated rings. The Morgan fingerprint density at radius 2 is 0.963 bits per heavy atom. The highest BCUT2D eigenvalue weighted by Gasteiger charge is 2.25. The van der Waals surface area contributed by atoms with E-state index in [0.29, 0.717) is 39.5 Å². The number of rotatable bonds is 18. The average Bonchev–Trinajstić information content (AvgIpc) is 2.64. The summed E-state index contributed by atoms with van der Waals surface area (Å²) in [6, 6.07) is 0. The third-order valence-electron chi connectivity index (χ3n) is 3.49. The molecule has 0 aliphatic rings. The molecule has 0 aliphatic heterocycles. The van der Waals surface area contributed by atoms with Crippen LogP contribution in [-0.2, 0) is 18.1 Å². The van der Waals surface area contributed by atoms with Gasteiger partial charge in [0.15, 0.2) is 0 Å². The molecule has 0 atom stereocenters. The number of phosphoric acid groups is 1. The van der Waals surface area contributed by atoms with E-state index in [1.165, 1.54) is 0 Å². The normalized spacial score (nSPS) is 11.5. The molecule has 0 aliphatic carbocycles. The smallest absolute Gasteiger partial charge is 0.395 e. The molecule has 0 saturated carbocycles. The van der Waals surface area contributed by atoms with Gasteiger partial charge in [-0.1, -0.05) is 40.0 Å². The van der Waals surface area contributed by atoms with Gasteiger partial charge in [0.25, 0.3) is 0 Å². The first-order valence-corrected chi connectivity index (χ1v) is 11.6. The Balaban J connectivity index is 0. The fraction of sp³-hybridized carbons (Fsp3) is 1.00. The summed E-state index contributed by atoms with van der Waals surface area (Å²) in [5.41, 5.74) is 0. The van der Waals surface area contributed by atoms with Crippen LogP contribution in [0.2, 0.25) is 0 Å². The molecule has 0 saturated heterocycles. The second-order valence-corrected chi connectivity index (χ2v) is 7.69. The molecule has 3 N–H and O–H groups in total. The maximum atomic E-state index is 12.2. The molecule has 0 amide bonds. The minimum absolute atomic E-state index is 0.0694. The molecule has 166 valence electrons. The van der Waals surface area contributed by atoms with Crippen molar-refractivity contribution >= 4 is 7.82 Å². The highest BCUT2D eigenvalue weighted by molar-refractivity contribution is 7.48. The molecule has 0 spiro atoms. The number of unbranched alkanes of at least 4 members (excludes halogenated alkanes) is 3. The quantitative estimate of drug-likeness (QED) is 0.232.